The number of nitrogens with one attached hydrogen (secondary N) is 1. The topological polar surface area (TPSA) is 12.0 Å². The third-order valence-corrected chi connectivity index (χ3v) is 3.96. The first-order valence-corrected chi connectivity index (χ1v) is 7.42. The molecular weight excluding hydrogens is 343 g/mol. The summed E-state index contributed by atoms with van der Waals surface area (Å²) in [5.74, 6) is -1.28. The van der Waals surface area contributed by atoms with Crippen molar-refractivity contribution in [2.24, 2.45) is 0 Å². The van der Waals surface area contributed by atoms with Crippen LogP contribution in [0.3, 0.4) is 0 Å². The van der Waals surface area contributed by atoms with Gasteiger partial charge in [0.15, 0.2) is 0 Å². The molecule has 0 heterocycles. The molecule has 1 atom stereocenters. The van der Waals surface area contributed by atoms with Crippen molar-refractivity contribution < 1.29 is 13.2 Å². The van der Waals surface area contributed by atoms with Crippen LogP contribution in [0.15, 0.2) is 40.9 Å². The Labute approximate surface area is 130 Å². The predicted octanol–water partition coefficient (Wildman–Crippen LogP) is 4.76. The molecule has 1 unspecified atom stereocenters. The van der Waals surface area contributed by atoms with Crippen molar-refractivity contribution >= 4 is 15.9 Å². The van der Waals surface area contributed by atoms with Gasteiger partial charge < -0.3 is 5.32 Å². The zero-order valence-electron chi connectivity index (χ0n) is 11.5. The van der Waals surface area contributed by atoms with E-state index in [2.05, 4.69) is 21.2 Å². The molecule has 1 N–H and O–H groups in total. The van der Waals surface area contributed by atoms with E-state index in [0.717, 1.165) is 17.7 Å². The van der Waals surface area contributed by atoms with Crippen LogP contribution in [0.25, 0.3) is 0 Å². The summed E-state index contributed by atoms with van der Waals surface area (Å²) in [6.45, 7) is 2.50. The van der Waals surface area contributed by atoms with Gasteiger partial charge in [0, 0.05) is 16.1 Å². The van der Waals surface area contributed by atoms with Gasteiger partial charge in [0.2, 0.25) is 0 Å². The fourth-order valence-electron chi connectivity index (χ4n) is 2.23. The number of likely N-dealkylation sites (N-methyl/N-ethyl adjacent to an activating group) is 1. The Morgan fingerprint density at radius 1 is 1.05 bits per heavy atom. The SMILES string of the molecule is CCNC(Cc1ccc(F)cc1Br)c1cc(F)ccc1F. The van der Waals surface area contributed by atoms with Gasteiger partial charge in [-0.1, -0.05) is 28.9 Å². The molecule has 0 saturated carbocycles. The van der Waals surface area contributed by atoms with Crippen molar-refractivity contribution in [2.45, 2.75) is 19.4 Å². The third kappa shape index (κ3) is 4.08. The molecule has 5 heteroatoms. The second-order valence-electron chi connectivity index (χ2n) is 4.72. The van der Waals surface area contributed by atoms with Gasteiger partial charge in [0.1, 0.15) is 17.5 Å². The summed E-state index contributed by atoms with van der Waals surface area (Å²) in [6, 6.07) is 7.38. The first-order chi connectivity index (χ1) is 10.0. The molecule has 1 nitrogen and oxygen atoms in total. The summed E-state index contributed by atoms with van der Waals surface area (Å²) < 4.78 is 41.0. The summed E-state index contributed by atoms with van der Waals surface area (Å²) in [6.07, 6.45) is 0.426. The quantitative estimate of drug-likeness (QED) is 0.813. The van der Waals surface area contributed by atoms with Crippen molar-refractivity contribution in [3.63, 3.8) is 0 Å². The molecule has 2 rings (SSSR count). The smallest absolute Gasteiger partial charge is 0.128 e. The van der Waals surface area contributed by atoms with E-state index in [1.54, 1.807) is 6.07 Å². The molecule has 0 bridgehead atoms. The van der Waals surface area contributed by atoms with Gasteiger partial charge in [0.25, 0.3) is 0 Å². The lowest BCUT2D eigenvalue weighted by Gasteiger charge is -2.20. The Kier molecular flexibility index (Phi) is 5.42. The summed E-state index contributed by atoms with van der Waals surface area (Å²) in [7, 11) is 0. The Hall–Kier alpha value is -1.33. The highest BCUT2D eigenvalue weighted by Crippen LogP contribution is 2.26. The Morgan fingerprint density at radius 3 is 2.38 bits per heavy atom. The molecule has 112 valence electrons. The normalized spacial score (nSPS) is 12.4. The molecular formula is C16H15BrF3N. The van der Waals surface area contributed by atoms with Crippen LogP contribution in [0.5, 0.6) is 0 Å². The van der Waals surface area contributed by atoms with Crippen molar-refractivity contribution in [1.29, 1.82) is 0 Å². The molecule has 0 saturated heterocycles. The Morgan fingerprint density at radius 2 is 1.71 bits per heavy atom. The molecule has 0 aromatic heterocycles. The van der Waals surface area contributed by atoms with E-state index < -0.39 is 11.6 Å². The third-order valence-electron chi connectivity index (χ3n) is 3.22. The zero-order chi connectivity index (χ0) is 15.4. The highest BCUT2D eigenvalue weighted by molar-refractivity contribution is 9.10. The molecule has 0 fully saturated rings. The summed E-state index contributed by atoms with van der Waals surface area (Å²) in [4.78, 5) is 0. The average Bonchev–Trinajstić information content (AvgIpc) is 2.44. The van der Waals surface area contributed by atoms with Crippen LogP contribution in [-0.2, 0) is 6.42 Å². The van der Waals surface area contributed by atoms with Crippen LogP contribution >= 0.6 is 15.9 Å². The first kappa shape index (κ1) is 16.0. The molecule has 2 aromatic rings. The van der Waals surface area contributed by atoms with Gasteiger partial charge in [-0.25, -0.2) is 13.2 Å². The average molecular weight is 358 g/mol. The van der Waals surface area contributed by atoms with Gasteiger partial charge in [0.05, 0.1) is 0 Å². The van der Waals surface area contributed by atoms with Crippen molar-refractivity contribution in [2.75, 3.05) is 6.54 Å². The standard InChI is InChI=1S/C16H15BrF3N/c1-2-21-16(13-8-11(18)5-6-15(13)20)7-10-3-4-12(19)9-14(10)17/h3-6,8-9,16,21H,2,7H2,1H3. The van der Waals surface area contributed by atoms with E-state index in [1.807, 2.05) is 6.92 Å². The van der Waals surface area contributed by atoms with Crippen LogP contribution in [0.2, 0.25) is 0 Å². The monoisotopic (exact) mass is 357 g/mol. The lowest BCUT2D eigenvalue weighted by molar-refractivity contribution is 0.501. The molecule has 21 heavy (non-hydrogen) atoms. The van der Waals surface area contributed by atoms with Crippen LogP contribution < -0.4 is 5.32 Å². The fourth-order valence-corrected chi connectivity index (χ4v) is 2.74. The molecule has 0 aliphatic heterocycles. The Bertz CT molecular complexity index is 631. The highest BCUT2D eigenvalue weighted by Gasteiger charge is 2.17. The van der Waals surface area contributed by atoms with Gasteiger partial charge in [-0.2, -0.15) is 0 Å². The molecule has 0 aliphatic rings. The van der Waals surface area contributed by atoms with Crippen molar-refractivity contribution in [1.82, 2.24) is 5.32 Å². The lowest BCUT2D eigenvalue weighted by Crippen LogP contribution is -2.24. The van der Waals surface area contributed by atoms with Crippen molar-refractivity contribution in [3.8, 4) is 0 Å². The predicted molar refractivity (Wildman–Crippen MR) is 80.6 cm³/mol. The highest BCUT2D eigenvalue weighted by atomic mass is 79.9. The summed E-state index contributed by atoms with van der Waals surface area (Å²) in [5.41, 5.74) is 1.10. The number of hydrogen-bond donors (Lipinski definition) is 1. The van der Waals surface area contributed by atoms with E-state index in [9.17, 15) is 13.2 Å². The molecule has 0 spiro atoms. The van der Waals surface area contributed by atoms with E-state index in [0.29, 0.717) is 17.4 Å². The second kappa shape index (κ2) is 7.09. The van der Waals surface area contributed by atoms with E-state index >= 15 is 0 Å². The van der Waals surface area contributed by atoms with Gasteiger partial charge in [-0.15, -0.1) is 0 Å². The lowest BCUT2D eigenvalue weighted by atomic mass is 9.98. The van der Waals surface area contributed by atoms with Crippen molar-refractivity contribution in [3.05, 3.63) is 69.4 Å². The number of rotatable bonds is 5. The Balaban J connectivity index is 2.32. The minimum atomic E-state index is -0.479. The molecule has 2 aromatic carbocycles. The van der Waals surface area contributed by atoms with Gasteiger partial charge in [-0.3, -0.25) is 0 Å². The van der Waals surface area contributed by atoms with E-state index in [4.69, 9.17) is 0 Å². The van der Waals surface area contributed by atoms with Crippen LogP contribution in [0.4, 0.5) is 13.2 Å². The van der Waals surface area contributed by atoms with Crippen LogP contribution in [0.1, 0.15) is 24.1 Å². The first-order valence-electron chi connectivity index (χ1n) is 6.63. The molecule has 0 radical (unpaired) electrons. The second-order valence-corrected chi connectivity index (χ2v) is 5.57. The number of hydrogen-bond acceptors (Lipinski definition) is 1. The molecule has 0 amide bonds. The zero-order valence-corrected chi connectivity index (χ0v) is 13.1. The summed E-state index contributed by atoms with van der Waals surface area (Å²) >= 11 is 3.30. The van der Waals surface area contributed by atoms with Gasteiger partial charge >= 0.3 is 0 Å². The minimum Gasteiger partial charge on any atom is -0.310 e. The van der Waals surface area contributed by atoms with Gasteiger partial charge in [-0.05, 0) is 48.9 Å². The maximum absolute atomic E-state index is 13.9. The maximum Gasteiger partial charge on any atom is 0.128 e. The van der Waals surface area contributed by atoms with Crippen LogP contribution in [0, 0.1) is 17.5 Å². The van der Waals surface area contributed by atoms with E-state index in [1.165, 1.54) is 18.2 Å². The molecule has 0 aliphatic carbocycles. The van der Waals surface area contributed by atoms with E-state index in [-0.39, 0.29) is 17.4 Å². The summed E-state index contributed by atoms with van der Waals surface area (Å²) in [5, 5.41) is 3.14. The van der Waals surface area contributed by atoms with Crippen LogP contribution in [-0.4, -0.2) is 6.54 Å². The number of benzene rings is 2. The largest absolute Gasteiger partial charge is 0.310 e. The maximum atomic E-state index is 13.9. The number of halogens is 4. The minimum absolute atomic E-state index is 0.271. The fraction of sp³-hybridized carbons (Fsp3) is 0.250.